The summed E-state index contributed by atoms with van der Waals surface area (Å²) in [4.78, 5) is 38.0. The molecule has 0 radical (unpaired) electrons. The number of nitrogens with zero attached hydrogens (tertiary/aromatic N) is 1. The number of nitrogens with one attached hydrogen (secondary N) is 2. The Morgan fingerprint density at radius 1 is 1.26 bits per heavy atom. The van der Waals surface area contributed by atoms with Gasteiger partial charge < -0.3 is 25.4 Å². The molecule has 1 aliphatic rings. The van der Waals surface area contributed by atoms with Gasteiger partial charge in [-0.25, -0.2) is 4.79 Å². The van der Waals surface area contributed by atoms with E-state index in [1.165, 1.54) is 0 Å². The van der Waals surface area contributed by atoms with Crippen molar-refractivity contribution in [1.82, 2.24) is 10.2 Å². The van der Waals surface area contributed by atoms with E-state index >= 15 is 0 Å². The van der Waals surface area contributed by atoms with E-state index in [0.29, 0.717) is 37.2 Å². The van der Waals surface area contributed by atoms with Crippen molar-refractivity contribution in [2.75, 3.05) is 18.4 Å². The highest BCUT2D eigenvalue weighted by Crippen LogP contribution is 2.27. The third-order valence-electron chi connectivity index (χ3n) is 5.28. The lowest BCUT2D eigenvalue weighted by molar-refractivity contribution is -0.124. The Balaban J connectivity index is 1.93. The maximum Gasteiger partial charge on any atom is 0.410 e. The van der Waals surface area contributed by atoms with Crippen LogP contribution < -0.4 is 10.6 Å². The first-order chi connectivity index (χ1) is 14.4. The van der Waals surface area contributed by atoms with Crippen molar-refractivity contribution in [3.8, 4) is 0 Å². The molecule has 0 spiro atoms. The quantitative estimate of drug-likeness (QED) is 0.600. The topological polar surface area (TPSA) is 108 Å². The Kier molecular flexibility index (Phi) is 7.84. The van der Waals surface area contributed by atoms with Crippen molar-refractivity contribution >= 4 is 23.6 Å². The summed E-state index contributed by atoms with van der Waals surface area (Å²) in [5, 5.41) is 16.6. The smallest absolute Gasteiger partial charge is 0.410 e. The molecule has 1 unspecified atom stereocenters. The van der Waals surface area contributed by atoms with Gasteiger partial charge in [-0.1, -0.05) is 24.8 Å². The predicted molar refractivity (Wildman–Crippen MR) is 119 cm³/mol. The highest BCUT2D eigenvalue weighted by molar-refractivity contribution is 5.99. The molecule has 1 aromatic rings. The molecule has 0 aliphatic carbocycles. The fourth-order valence-corrected chi connectivity index (χ4v) is 3.42. The van der Waals surface area contributed by atoms with E-state index in [-0.39, 0.29) is 18.2 Å². The van der Waals surface area contributed by atoms with Gasteiger partial charge in [0.05, 0.1) is 18.1 Å². The molecule has 1 aliphatic heterocycles. The normalized spacial score (nSPS) is 16.7. The average Bonchev–Trinajstić information content (AvgIpc) is 2.68. The Labute approximate surface area is 183 Å². The molecule has 0 aromatic heterocycles. The summed E-state index contributed by atoms with van der Waals surface area (Å²) in [6.45, 7) is 11.3. The number of carbonyl (C=O) groups excluding carboxylic acids is 3. The van der Waals surface area contributed by atoms with Crippen molar-refractivity contribution in [2.45, 2.75) is 64.2 Å². The summed E-state index contributed by atoms with van der Waals surface area (Å²) < 4.78 is 5.38. The third-order valence-corrected chi connectivity index (χ3v) is 5.28. The summed E-state index contributed by atoms with van der Waals surface area (Å²) >= 11 is 0. The molecule has 8 heteroatoms. The zero-order valence-electron chi connectivity index (χ0n) is 18.7. The predicted octanol–water partition coefficient (Wildman–Crippen LogP) is 2.62. The number of anilines is 1. The zero-order valence-corrected chi connectivity index (χ0v) is 18.7. The average molecular weight is 432 g/mol. The van der Waals surface area contributed by atoms with Crippen molar-refractivity contribution in [2.24, 2.45) is 0 Å². The molecule has 0 saturated carbocycles. The molecule has 1 atom stereocenters. The number of benzene rings is 1. The molecule has 1 heterocycles. The lowest BCUT2D eigenvalue weighted by Crippen LogP contribution is -2.57. The second-order valence-corrected chi connectivity index (χ2v) is 8.89. The molecule has 2 rings (SSSR count). The molecular weight excluding hydrogens is 398 g/mol. The van der Waals surface area contributed by atoms with Crippen LogP contribution in [0.4, 0.5) is 10.5 Å². The van der Waals surface area contributed by atoms with Crippen LogP contribution >= 0.6 is 0 Å². The molecule has 31 heavy (non-hydrogen) atoms. The summed E-state index contributed by atoms with van der Waals surface area (Å²) in [6.07, 6.45) is 1.49. The molecular formula is C23H33N3O5. The van der Waals surface area contributed by atoms with Gasteiger partial charge in [0.15, 0.2) is 0 Å². The monoisotopic (exact) mass is 431 g/mol. The molecule has 8 nitrogen and oxygen atoms in total. The van der Waals surface area contributed by atoms with Gasteiger partial charge in [0.2, 0.25) is 11.8 Å². The first-order valence-corrected chi connectivity index (χ1v) is 10.4. The number of likely N-dealkylation sites (tertiary alicyclic amines) is 1. The van der Waals surface area contributed by atoms with Crippen LogP contribution in [-0.4, -0.2) is 58.2 Å². The highest BCUT2D eigenvalue weighted by Gasteiger charge is 2.40. The largest absolute Gasteiger partial charge is 0.444 e. The number of carbonyl (C=O) groups is 3. The van der Waals surface area contributed by atoms with E-state index in [9.17, 15) is 19.5 Å². The van der Waals surface area contributed by atoms with Crippen molar-refractivity contribution in [1.29, 1.82) is 0 Å². The van der Waals surface area contributed by atoms with Gasteiger partial charge in [-0.05, 0) is 58.2 Å². The van der Waals surface area contributed by atoms with Gasteiger partial charge in [-0.2, -0.15) is 0 Å². The summed E-state index contributed by atoms with van der Waals surface area (Å²) in [5.41, 5.74) is -0.494. The van der Waals surface area contributed by atoms with E-state index < -0.39 is 23.3 Å². The van der Waals surface area contributed by atoms with Gasteiger partial charge in [0, 0.05) is 18.8 Å². The fourth-order valence-electron chi connectivity index (χ4n) is 3.42. The summed E-state index contributed by atoms with van der Waals surface area (Å²) in [5.74, 6) is -0.622. The van der Waals surface area contributed by atoms with E-state index in [1.807, 2.05) is 20.8 Å². The Bertz CT molecular complexity index is 823. The van der Waals surface area contributed by atoms with Gasteiger partial charge in [-0.15, -0.1) is 0 Å². The number of piperidine rings is 1. The lowest BCUT2D eigenvalue weighted by Gasteiger charge is -2.42. The second kappa shape index (κ2) is 9.96. The van der Waals surface area contributed by atoms with Gasteiger partial charge in [0.25, 0.3) is 0 Å². The molecule has 170 valence electrons. The van der Waals surface area contributed by atoms with Crippen LogP contribution in [0.25, 0.3) is 0 Å². The lowest BCUT2D eigenvalue weighted by atomic mass is 9.85. The van der Waals surface area contributed by atoms with Crippen LogP contribution in [0.5, 0.6) is 0 Å². The Hall–Kier alpha value is -2.87. The highest BCUT2D eigenvalue weighted by atomic mass is 16.6. The second-order valence-electron chi connectivity index (χ2n) is 8.89. The third kappa shape index (κ3) is 7.10. The summed E-state index contributed by atoms with van der Waals surface area (Å²) in [7, 11) is 0. The van der Waals surface area contributed by atoms with Crippen LogP contribution in [0.2, 0.25) is 0 Å². The Morgan fingerprint density at radius 3 is 2.45 bits per heavy atom. The molecule has 3 amide bonds. The number of hydrogen-bond donors (Lipinski definition) is 3. The fraction of sp³-hybridized carbons (Fsp3) is 0.522. The van der Waals surface area contributed by atoms with Crippen LogP contribution in [-0.2, 0) is 20.7 Å². The summed E-state index contributed by atoms with van der Waals surface area (Å²) in [6, 6.07) is 6.53. The maximum atomic E-state index is 12.6. The number of ether oxygens (including phenoxy) is 1. The number of rotatable bonds is 6. The number of hydrogen-bond acceptors (Lipinski definition) is 5. The number of para-hydroxylation sites is 1. The molecule has 1 aromatic carbocycles. The number of amides is 3. The van der Waals surface area contributed by atoms with Crippen molar-refractivity contribution < 1.29 is 24.2 Å². The van der Waals surface area contributed by atoms with E-state index in [0.717, 1.165) is 6.08 Å². The van der Waals surface area contributed by atoms with Crippen LogP contribution in [0, 0.1) is 0 Å². The van der Waals surface area contributed by atoms with Crippen LogP contribution in [0.1, 0.15) is 46.1 Å². The van der Waals surface area contributed by atoms with E-state index in [2.05, 4.69) is 17.2 Å². The van der Waals surface area contributed by atoms with E-state index in [4.69, 9.17) is 4.74 Å². The van der Waals surface area contributed by atoms with E-state index in [1.54, 1.807) is 36.1 Å². The van der Waals surface area contributed by atoms with Crippen molar-refractivity contribution in [3.05, 3.63) is 42.5 Å². The molecule has 1 fully saturated rings. The first-order valence-electron chi connectivity index (χ1n) is 10.4. The number of aliphatic hydroxyl groups is 1. The van der Waals surface area contributed by atoms with Crippen molar-refractivity contribution in [3.63, 3.8) is 0 Å². The maximum absolute atomic E-state index is 12.6. The zero-order chi connectivity index (χ0) is 23.2. The van der Waals surface area contributed by atoms with Gasteiger partial charge >= 0.3 is 6.09 Å². The first kappa shape index (κ1) is 24.4. The Morgan fingerprint density at radius 2 is 1.87 bits per heavy atom. The molecule has 0 bridgehead atoms. The van der Waals surface area contributed by atoms with Crippen LogP contribution in [0.3, 0.4) is 0 Å². The standard InChI is InChI=1S/C23H33N3O5/c1-6-19(27)25-18-10-8-7-9-17(18)15-20(28)24-16(2)23(30)11-13-26(14-12-23)21(29)31-22(3,4)5/h6-10,16,30H,1,11-15H2,2-5H3,(H,24,28)(H,25,27). The van der Waals surface area contributed by atoms with Crippen LogP contribution in [0.15, 0.2) is 36.9 Å². The minimum Gasteiger partial charge on any atom is -0.444 e. The van der Waals surface area contributed by atoms with Gasteiger partial charge in [0.1, 0.15) is 5.60 Å². The SMILES string of the molecule is C=CC(=O)Nc1ccccc1CC(=O)NC(C)C1(O)CCN(C(=O)OC(C)(C)C)CC1. The molecule has 3 N–H and O–H groups in total. The minimum absolute atomic E-state index is 0.0536. The minimum atomic E-state index is -1.12. The molecule has 1 saturated heterocycles. The van der Waals surface area contributed by atoms with Gasteiger partial charge in [-0.3, -0.25) is 9.59 Å².